The van der Waals surface area contributed by atoms with Gasteiger partial charge in [0.05, 0.1) is 24.5 Å². The minimum atomic E-state index is -3.67. The van der Waals surface area contributed by atoms with Crippen LogP contribution in [0.15, 0.2) is 36.4 Å². The van der Waals surface area contributed by atoms with Crippen LogP contribution >= 0.6 is 0 Å². The summed E-state index contributed by atoms with van der Waals surface area (Å²) in [6, 6.07) is 13.3. The van der Waals surface area contributed by atoms with E-state index in [9.17, 15) is 13.5 Å². The van der Waals surface area contributed by atoms with Gasteiger partial charge in [-0.2, -0.15) is 8.42 Å². The fraction of sp³-hybridized carbons (Fsp3) is 0.538. The molecule has 1 saturated carbocycles. The summed E-state index contributed by atoms with van der Waals surface area (Å²) in [5, 5.41) is 10.7. The van der Waals surface area contributed by atoms with E-state index in [1.165, 1.54) is 23.2 Å². The van der Waals surface area contributed by atoms with Crippen molar-refractivity contribution >= 4 is 15.8 Å². The van der Waals surface area contributed by atoms with Gasteiger partial charge in [-0.25, -0.2) is 0 Å². The molecule has 3 aliphatic heterocycles. The molecule has 1 spiro atoms. The molecule has 1 saturated heterocycles. The van der Waals surface area contributed by atoms with Crippen molar-refractivity contribution in [3.8, 4) is 17.2 Å². The maximum absolute atomic E-state index is 10.7. The molecule has 3 heterocycles. The third kappa shape index (κ3) is 3.50. The number of nitrogens with zero attached hydrogens (tertiary/aromatic N) is 2. The summed E-state index contributed by atoms with van der Waals surface area (Å²) >= 11 is 0. The topological polar surface area (TPSA) is 99.5 Å². The zero-order valence-electron chi connectivity index (χ0n) is 20.1. The number of likely N-dealkylation sites (N-methyl/N-ethyl adjacent to an activating group) is 1. The third-order valence-corrected chi connectivity index (χ3v) is 8.73. The Balaban J connectivity index is 0.000000419. The van der Waals surface area contributed by atoms with Gasteiger partial charge in [-0.3, -0.25) is 4.55 Å². The zero-order chi connectivity index (χ0) is 24.5. The lowest BCUT2D eigenvalue weighted by atomic mass is 9.51. The molecule has 2 aliphatic carbocycles. The highest BCUT2D eigenvalue weighted by molar-refractivity contribution is 7.85. The van der Waals surface area contributed by atoms with Crippen molar-refractivity contribution in [3.63, 3.8) is 0 Å². The first-order chi connectivity index (χ1) is 16.7. The second-order valence-corrected chi connectivity index (χ2v) is 12.0. The van der Waals surface area contributed by atoms with Gasteiger partial charge in [0.1, 0.15) is 18.5 Å². The number of likely N-dealkylation sites (tertiary alicyclic amines) is 1. The molecule has 9 heteroatoms. The predicted molar refractivity (Wildman–Crippen MR) is 132 cm³/mol. The molecular weight excluding hydrogens is 468 g/mol. The van der Waals surface area contributed by atoms with Gasteiger partial charge in [-0.05, 0) is 69.0 Å². The monoisotopic (exact) mass is 500 g/mol. The number of piperidine rings is 1. The number of benzene rings is 2. The molecule has 5 aliphatic rings. The molecule has 2 N–H and O–H groups in total. The number of hydrogen-bond acceptors (Lipinski definition) is 7. The van der Waals surface area contributed by atoms with Crippen LogP contribution in [-0.2, 0) is 22.0 Å². The van der Waals surface area contributed by atoms with Crippen LogP contribution in [0.4, 0.5) is 5.69 Å². The third-order valence-electron chi connectivity index (χ3n) is 8.73. The van der Waals surface area contributed by atoms with Crippen molar-refractivity contribution in [2.45, 2.75) is 49.3 Å². The summed E-state index contributed by atoms with van der Waals surface area (Å²) in [4.78, 5) is 5.12. The molecule has 0 unspecified atom stereocenters. The van der Waals surface area contributed by atoms with Crippen LogP contribution in [0.3, 0.4) is 0 Å². The highest BCUT2D eigenvalue weighted by atomic mass is 32.2. The molecule has 8 nitrogen and oxygen atoms in total. The smallest absolute Gasteiger partial charge is 0.261 e. The van der Waals surface area contributed by atoms with Crippen molar-refractivity contribution in [1.29, 1.82) is 0 Å². The summed E-state index contributed by atoms with van der Waals surface area (Å²) in [7, 11) is -1.38. The summed E-state index contributed by atoms with van der Waals surface area (Å²) in [5.74, 6) is 2.67. The van der Waals surface area contributed by atoms with E-state index in [0.29, 0.717) is 36.6 Å². The first-order valence-corrected chi connectivity index (χ1v) is 14.2. The van der Waals surface area contributed by atoms with Gasteiger partial charge in [0.2, 0.25) is 0 Å². The number of rotatable bonds is 1. The molecule has 7 rings (SSSR count). The number of ether oxygens (including phenoxy) is 2. The van der Waals surface area contributed by atoms with Crippen molar-refractivity contribution in [2.75, 3.05) is 37.9 Å². The molecule has 0 aromatic heterocycles. The predicted octanol–water partition coefficient (Wildman–Crippen LogP) is 2.83. The number of fused-ring (bicyclic) bond motifs is 1. The largest absolute Gasteiger partial charge is 0.504 e. The van der Waals surface area contributed by atoms with E-state index in [2.05, 4.69) is 41.1 Å². The van der Waals surface area contributed by atoms with E-state index in [1.54, 1.807) is 0 Å². The summed E-state index contributed by atoms with van der Waals surface area (Å²) in [6.45, 7) is 2.70. The average Bonchev–Trinajstić information content (AvgIpc) is 3.17. The molecule has 188 valence electrons. The number of phenolic OH excluding ortho intramolecular Hbond substituents is 1. The van der Waals surface area contributed by atoms with Crippen LogP contribution in [0.25, 0.3) is 0 Å². The zero-order valence-corrected chi connectivity index (χ0v) is 20.9. The van der Waals surface area contributed by atoms with Gasteiger partial charge in [0, 0.05) is 17.0 Å². The van der Waals surface area contributed by atoms with E-state index < -0.39 is 10.1 Å². The van der Waals surface area contributed by atoms with Gasteiger partial charge in [0.25, 0.3) is 10.1 Å². The lowest BCUT2D eigenvalue weighted by molar-refractivity contribution is -0.0529. The molecule has 2 fully saturated rings. The van der Waals surface area contributed by atoms with Gasteiger partial charge in [-0.1, -0.05) is 18.2 Å². The Bertz CT molecular complexity index is 1260. The van der Waals surface area contributed by atoms with Gasteiger partial charge < -0.3 is 24.4 Å². The summed E-state index contributed by atoms with van der Waals surface area (Å²) in [6.07, 6.45) is 5.33. The normalized spacial score (nSPS) is 32.4. The molecule has 0 radical (unpaired) electrons. The first kappa shape index (κ1) is 22.9. The fourth-order valence-electron chi connectivity index (χ4n) is 7.56. The first-order valence-electron chi connectivity index (χ1n) is 12.3. The molecule has 35 heavy (non-hydrogen) atoms. The lowest BCUT2D eigenvalue weighted by Crippen LogP contribution is -2.68. The van der Waals surface area contributed by atoms with Gasteiger partial charge >= 0.3 is 0 Å². The molecule has 5 atom stereocenters. The maximum Gasteiger partial charge on any atom is 0.261 e. The van der Waals surface area contributed by atoms with E-state index in [4.69, 9.17) is 14.0 Å². The van der Waals surface area contributed by atoms with Crippen LogP contribution in [0, 0.1) is 5.92 Å². The number of aromatic hydroxyl groups is 1. The molecular formula is C26H32N2O6S. The Morgan fingerprint density at radius 3 is 2.66 bits per heavy atom. The standard InChI is InChI=1S/C25H28N2O3.CH4O3S/c1-26-11-10-25-16-7-8-18(27-12-13-29-21-5-3-2-4-17(21)27)24(25)30-23-20(28)9-6-15(22(23)25)14-19(16)26;1-5(2,3)4/h2-6,9,16,18-19,24,28H,7-8,10-14H2,1H3;1H3,(H,2,3,4)/t16-,18+,19+,24-,25-;/m0./s1. The quantitative estimate of drug-likeness (QED) is 0.577. The Kier molecular flexibility index (Phi) is 5.25. The van der Waals surface area contributed by atoms with Crippen molar-refractivity contribution in [2.24, 2.45) is 5.92 Å². The van der Waals surface area contributed by atoms with E-state index in [-0.39, 0.29) is 11.5 Å². The highest BCUT2D eigenvalue weighted by Gasteiger charge is 2.66. The van der Waals surface area contributed by atoms with Crippen LogP contribution in [0.1, 0.15) is 30.4 Å². The minimum Gasteiger partial charge on any atom is -0.504 e. The van der Waals surface area contributed by atoms with Crippen molar-refractivity contribution in [1.82, 2.24) is 4.90 Å². The van der Waals surface area contributed by atoms with Crippen molar-refractivity contribution in [3.05, 3.63) is 47.5 Å². The average molecular weight is 501 g/mol. The van der Waals surface area contributed by atoms with Gasteiger partial charge in [0.15, 0.2) is 11.5 Å². The highest BCUT2D eigenvalue weighted by Crippen LogP contribution is 2.64. The van der Waals surface area contributed by atoms with Crippen LogP contribution in [0.5, 0.6) is 17.2 Å². The van der Waals surface area contributed by atoms with Gasteiger partial charge in [-0.15, -0.1) is 0 Å². The Morgan fingerprint density at radius 2 is 1.86 bits per heavy atom. The maximum atomic E-state index is 10.7. The number of para-hydroxylation sites is 2. The number of hydrogen-bond donors (Lipinski definition) is 2. The SMILES string of the molecule is CN1CC[C@]23c4c5ccc(O)c4O[C@H]2[C@H](N2CCOc4ccccc42)CC[C@H]3[C@H]1C5.CS(=O)(=O)O. The van der Waals surface area contributed by atoms with Crippen LogP contribution in [0.2, 0.25) is 0 Å². The second kappa shape index (κ2) is 8.01. The number of phenols is 1. The fourth-order valence-corrected chi connectivity index (χ4v) is 7.56. The second-order valence-electron chi connectivity index (χ2n) is 10.5. The summed E-state index contributed by atoms with van der Waals surface area (Å²) in [5.41, 5.74) is 3.94. The summed E-state index contributed by atoms with van der Waals surface area (Å²) < 4.78 is 38.6. The van der Waals surface area contributed by atoms with E-state index >= 15 is 0 Å². The molecule has 0 amide bonds. The van der Waals surface area contributed by atoms with Crippen molar-refractivity contribution < 1.29 is 27.6 Å². The van der Waals surface area contributed by atoms with E-state index in [1.807, 2.05) is 12.1 Å². The Hall–Kier alpha value is -2.49. The van der Waals surface area contributed by atoms with Crippen LogP contribution < -0.4 is 14.4 Å². The Labute approximate surface area is 206 Å². The molecule has 2 bridgehead atoms. The molecule has 2 aromatic rings. The number of anilines is 1. The minimum absolute atomic E-state index is 0.0228. The Morgan fingerprint density at radius 1 is 1.09 bits per heavy atom. The lowest BCUT2D eigenvalue weighted by Gasteiger charge is -2.60. The molecule has 2 aromatic carbocycles. The van der Waals surface area contributed by atoms with Crippen LogP contribution in [-0.4, -0.2) is 74.2 Å². The van der Waals surface area contributed by atoms with E-state index in [0.717, 1.165) is 43.9 Å².